The van der Waals surface area contributed by atoms with Crippen molar-refractivity contribution in [1.82, 2.24) is 14.7 Å². The van der Waals surface area contributed by atoms with E-state index in [4.69, 9.17) is 5.73 Å². The quantitative estimate of drug-likeness (QED) is 0.885. The smallest absolute Gasteiger partial charge is 0.0537 e. The highest BCUT2D eigenvalue weighted by Crippen LogP contribution is 2.24. The number of nitrogens with zero attached hydrogens (tertiary/aromatic N) is 3. The minimum atomic E-state index is 0.325. The zero-order valence-corrected chi connectivity index (χ0v) is 12.8. The third kappa shape index (κ3) is 3.18. The summed E-state index contributed by atoms with van der Waals surface area (Å²) in [4.78, 5) is 2.48. The van der Waals surface area contributed by atoms with Gasteiger partial charge in [0.2, 0.25) is 0 Å². The van der Waals surface area contributed by atoms with Gasteiger partial charge < -0.3 is 5.73 Å². The van der Waals surface area contributed by atoms with E-state index >= 15 is 0 Å². The maximum Gasteiger partial charge on any atom is 0.0537 e. The Labute approximate surface area is 117 Å². The van der Waals surface area contributed by atoms with Gasteiger partial charge in [0.15, 0.2) is 0 Å². The number of aromatic nitrogens is 2. The summed E-state index contributed by atoms with van der Waals surface area (Å²) in [6, 6.07) is 0.325. The lowest BCUT2D eigenvalue weighted by molar-refractivity contribution is 0.295. The predicted molar refractivity (Wildman–Crippen MR) is 78.8 cm³/mol. The molecule has 0 unspecified atom stereocenters. The fraction of sp³-hybridized carbons (Fsp3) is 0.800. The molecule has 108 valence electrons. The number of aryl methyl sites for hydroxylation is 1. The zero-order chi connectivity index (χ0) is 14.0. The van der Waals surface area contributed by atoms with Crippen LogP contribution in [0.3, 0.4) is 0 Å². The van der Waals surface area contributed by atoms with Crippen LogP contribution in [0.15, 0.2) is 6.20 Å². The van der Waals surface area contributed by atoms with E-state index in [1.165, 1.54) is 11.3 Å². The Kier molecular flexibility index (Phi) is 4.63. The molecule has 2 N–H and O–H groups in total. The van der Waals surface area contributed by atoms with Gasteiger partial charge in [0, 0.05) is 43.5 Å². The second-order valence-corrected chi connectivity index (χ2v) is 6.24. The molecule has 1 saturated heterocycles. The number of hydrogen-bond acceptors (Lipinski definition) is 3. The lowest BCUT2D eigenvalue weighted by Gasteiger charge is -2.18. The summed E-state index contributed by atoms with van der Waals surface area (Å²) in [6.07, 6.45) is 3.16. The van der Waals surface area contributed by atoms with Crippen LogP contribution < -0.4 is 5.73 Å². The minimum absolute atomic E-state index is 0.325. The predicted octanol–water partition coefficient (Wildman–Crippen LogP) is 2.02. The highest BCUT2D eigenvalue weighted by Gasteiger charge is 2.32. The van der Waals surface area contributed by atoms with Crippen molar-refractivity contribution in [2.75, 3.05) is 13.1 Å². The molecule has 4 nitrogen and oxygen atoms in total. The SMILES string of the molecule is CCCn1ncc(CN2C[C@H](C(C)C)[C@@H](N)C2)c1C. The van der Waals surface area contributed by atoms with Gasteiger partial charge in [-0.25, -0.2) is 0 Å². The molecule has 1 aromatic rings. The topological polar surface area (TPSA) is 47.1 Å². The van der Waals surface area contributed by atoms with E-state index in [2.05, 4.69) is 42.4 Å². The summed E-state index contributed by atoms with van der Waals surface area (Å²) in [7, 11) is 0. The third-order valence-corrected chi connectivity index (χ3v) is 4.38. The summed E-state index contributed by atoms with van der Waals surface area (Å²) in [5, 5.41) is 4.48. The molecule has 1 aliphatic heterocycles. The van der Waals surface area contributed by atoms with Crippen molar-refractivity contribution < 1.29 is 0 Å². The average molecular weight is 264 g/mol. The molecule has 1 aliphatic rings. The summed E-state index contributed by atoms with van der Waals surface area (Å²) in [5.74, 6) is 1.30. The van der Waals surface area contributed by atoms with E-state index in [-0.39, 0.29) is 0 Å². The Morgan fingerprint density at radius 3 is 2.74 bits per heavy atom. The van der Waals surface area contributed by atoms with Gasteiger partial charge in [-0.05, 0) is 25.2 Å². The molecule has 0 saturated carbocycles. The first-order chi connectivity index (χ1) is 9.02. The molecule has 2 rings (SSSR count). The maximum atomic E-state index is 6.25. The highest BCUT2D eigenvalue weighted by atomic mass is 15.3. The van der Waals surface area contributed by atoms with Crippen LogP contribution in [-0.2, 0) is 13.1 Å². The highest BCUT2D eigenvalue weighted by molar-refractivity contribution is 5.16. The van der Waals surface area contributed by atoms with Gasteiger partial charge in [-0.1, -0.05) is 20.8 Å². The van der Waals surface area contributed by atoms with Gasteiger partial charge in [0.05, 0.1) is 6.20 Å². The summed E-state index contributed by atoms with van der Waals surface area (Å²) < 4.78 is 2.12. The van der Waals surface area contributed by atoms with Gasteiger partial charge in [-0.15, -0.1) is 0 Å². The van der Waals surface area contributed by atoms with Crippen molar-refractivity contribution in [3.8, 4) is 0 Å². The van der Waals surface area contributed by atoms with Crippen LogP contribution in [0.25, 0.3) is 0 Å². The van der Waals surface area contributed by atoms with Crippen LogP contribution in [0.4, 0.5) is 0 Å². The Morgan fingerprint density at radius 2 is 2.16 bits per heavy atom. The van der Waals surface area contributed by atoms with E-state index in [9.17, 15) is 0 Å². The normalized spacial score (nSPS) is 24.5. The number of likely N-dealkylation sites (tertiary alicyclic amines) is 1. The largest absolute Gasteiger partial charge is 0.326 e. The molecule has 4 heteroatoms. The molecule has 0 amide bonds. The van der Waals surface area contributed by atoms with Gasteiger partial charge in [0.1, 0.15) is 0 Å². The monoisotopic (exact) mass is 264 g/mol. The molecule has 0 radical (unpaired) electrons. The molecule has 1 fully saturated rings. The molecule has 19 heavy (non-hydrogen) atoms. The molecule has 2 atom stereocenters. The molecule has 0 spiro atoms. The number of rotatable bonds is 5. The third-order valence-electron chi connectivity index (χ3n) is 4.38. The molecule has 0 aliphatic carbocycles. The second-order valence-electron chi connectivity index (χ2n) is 6.24. The van der Waals surface area contributed by atoms with E-state index in [1.807, 2.05) is 6.20 Å². The van der Waals surface area contributed by atoms with Crippen LogP contribution in [-0.4, -0.2) is 33.8 Å². The second kappa shape index (κ2) is 6.06. The van der Waals surface area contributed by atoms with Crippen molar-refractivity contribution in [2.45, 2.75) is 53.2 Å². The van der Waals surface area contributed by atoms with Crippen molar-refractivity contribution in [2.24, 2.45) is 17.6 Å². The Bertz CT molecular complexity index is 410. The van der Waals surface area contributed by atoms with Crippen molar-refractivity contribution >= 4 is 0 Å². The fourth-order valence-corrected chi connectivity index (χ4v) is 3.09. The van der Waals surface area contributed by atoms with Gasteiger partial charge in [-0.3, -0.25) is 9.58 Å². The molecule has 0 aromatic carbocycles. The van der Waals surface area contributed by atoms with Crippen molar-refractivity contribution in [3.63, 3.8) is 0 Å². The standard InChI is InChI=1S/C15H28N4/c1-5-6-19-12(4)13(7-17-19)8-18-9-14(11(2)3)15(16)10-18/h7,11,14-15H,5-6,8-10,16H2,1-4H3/t14-,15+/m1/s1. The number of hydrogen-bond donors (Lipinski definition) is 1. The summed E-state index contributed by atoms with van der Waals surface area (Å²) >= 11 is 0. The minimum Gasteiger partial charge on any atom is -0.326 e. The van der Waals surface area contributed by atoms with Crippen molar-refractivity contribution in [1.29, 1.82) is 0 Å². The maximum absolute atomic E-state index is 6.25. The van der Waals surface area contributed by atoms with Gasteiger partial charge in [-0.2, -0.15) is 5.10 Å². The lowest BCUT2D eigenvalue weighted by atomic mass is 9.92. The van der Waals surface area contributed by atoms with Crippen molar-refractivity contribution in [3.05, 3.63) is 17.5 Å². The van der Waals surface area contributed by atoms with Gasteiger partial charge >= 0.3 is 0 Å². The lowest BCUT2D eigenvalue weighted by Crippen LogP contribution is -2.32. The first kappa shape index (κ1) is 14.5. The van der Waals surface area contributed by atoms with E-state index < -0.39 is 0 Å². The van der Waals surface area contributed by atoms with E-state index in [0.717, 1.165) is 32.6 Å². The van der Waals surface area contributed by atoms with E-state index in [1.54, 1.807) is 0 Å². The van der Waals surface area contributed by atoms with Crippen LogP contribution >= 0.6 is 0 Å². The average Bonchev–Trinajstić information content (AvgIpc) is 2.87. The van der Waals surface area contributed by atoms with Crippen LogP contribution in [0.2, 0.25) is 0 Å². The van der Waals surface area contributed by atoms with Crippen LogP contribution in [0.5, 0.6) is 0 Å². The summed E-state index contributed by atoms with van der Waals surface area (Å²) in [5.41, 5.74) is 8.91. The Balaban J connectivity index is 1.99. The molecule has 0 bridgehead atoms. The van der Waals surface area contributed by atoms with Crippen LogP contribution in [0, 0.1) is 18.8 Å². The fourth-order valence-electron chi connectivity index (χ4n) is 3.09. The first-order valence-electron chi connectivity index (χ1n) is 7.52. The molecular formula is C15H28N4. The number of nitrogens with two attached hydrogens (primary N) is 1. The Hall–Kier alpha value is -0.870. The summed E-state index contributed by atoms with van der Waals surface area (Å²) in [6.45, 7) is 13.1. The van der Waals surface area contributed by atoms with Gasteiger partial charge in [0.25, 0.3) is 0 Å². The van der Waals surface area contributed by atoms with Crippen LogP contribution in [0.1, 0.15) is 38.4 Å². The van der Waals surface area contributed by atoms with E-state index in [0.29, 0.717) is 17.9 Å². The first-order valence-corrected chi connectivity index (χ1v) is 7.52. The molecule has 1 aromatic heterocycles. The zero-order valence-electron chi connectivity index (χ0n) is 12.8. The molecular weight excluding hydrogens is 236 g/mol. The Morgan fingerprint density at radius 1 is 1.42 bits per heavy atom. The molecule has 2 heterocycles.